The monoisotopic (exact) mass is 199 g/mol. The first-order chi connectivity index (χ1) is 6.65. The molecule has 0 saturated heterocycles. The van der Waals surface area contributed by atoms with Gasteiger partial charge in [0.1, 0.15) is 12.0 Å². The van der Waals surface area contributed by atoms with E-state index in [1.807, 2.05) is 0 Å². The summed E-state index contributed by atoms with van der Waals surface area (Å²) in [5, 5.41) is 0. The van der Waals surface area contributed by atoms with Gasteiger partial charge in [-0.1, -0.05) is 19.1 Å². The smallest absolute Gasteiger partial charge is 0.123 e. The lowest BCUT2D eigenvalue weighted by Gasteiger charge is -2.16. The van der Waals surface area contributed by atoms with Crippen LogP contribution in [0, 0.1) is 5.82 Å². The minimum Gasteiger partial charge on any atom is -0.330 e. The van der Waals surface area contributed by atoms with E-state index in [9.17, 15) is 8.78 Å². The quantitative estimate of drug-likeness (QED) is 0.792. The van der Waals surface area contributed by atoms with Crippen LogP contribution in [0.2, 0.25) is 0 Å². The van der Waals surface area contributed by atoms with Crippen molar-refractivity contribution in [2.24, 2.45) is 5.73 Å². The standard InChI is InChI=1S/C11H15F2N/c1-8(11(13)6-7-14)9-2-4-10(12)5-3-9/h2-5,8,11H,6-7,14H2,1H3. The van der Waals surface area contributed by atoms with E-state index < -0.39 is 6.17 Å². The zero-order valence-corrected chi connectivity index (χ0v) is 8.21. The van der Waals surface area contributed by atoms with Crippen molar-refractivity contribution in [1.82, 2.24) is 0 Å². The third kappa shape index (κ3) is 2.77. The van der Waals surface area contributed by atoms with Crippen LogP contribution in [0.1, 0.15) is 24.8 Å². The normalized spacial score (nSPS) is 15.1. The Bertz CT molecular complexity index is 271. The van der Waals surface area contributed by atoms with Crippen LogP contribution in [-0.4, -0.2) is 12.7 Å². The number of halogens is 2. The first-order valence-corrected chi connectivity index (χ1v) is 4.74. The summed E-state index contributed by atoms with van der Waals surface area (Å²) in [7, 11) is 0. The summed E-state index contributed by atoms with van der Waals surface area (Å²) in [6.07, 6.45) is -0.607. The van der Waals surface area contributed by atoms with Crippen LogP contribution in [-0.2, 0) is 0 Å². The second-order valence-corrected chi connectivity index (χ2v) is 3.43. The lowest BCUT2D eigenvalue weighted by atomic mass is 9.94. The van der Waals surface area contributed by atoms with Gasteiger partial charge < -0.3 is 5.73 Å². The Morgan fingerprint density at radius 1 is 1.29 bits per heavy atom. The Morgan fingerprint density at radius 3 is 2.36 bits per heavy atom. The van der Waals surface area contributed by atoms with E-state index in [-0.39, 0.29) is 11.7 Å². The predicted octanol–water partition coefficient (Wildman–Crippen LogP) is 2.62. The summed E-state index contributed by atoms with van der Waals surface area (Å²) in [5.74, 6) is -0.519. The summed E-state index contributed by atoms with van der Waals surface area (Å²) in [6, 6.07) is 5.92. The molecule has 1 nitrogen and oxygen atoms in total. The second kappa shape index (κ2) is 5.05. The molecule has 0 bridgehead atoms. The fourth-order valence-electron chi connectivity index (χ4n) is 1.38. The predicted molar refractivity (Wildman–Crippen MR) is 53.4 cm³/mol. The number of alkyl halides is 1. The van der Waals surface area contributed by atoms with Gasteiger partial charge in [0.15, 0.2) is 0 Å². The summed E-state index contributed by atoms with van der Waals surface area (Å²) in [4.78, 5) is 0. The fraction of sp³-hybridized carbons (Fsp3) is 0.455. The minimum absolute atomic E-state index is 0.223. The topological polar surface area (TPSA) is 26.0 Å². The van der Waals surface area contributed by atoms with Crippen molar-refractivity contribution in [3.63, 3.8) is 0 Å². The summed E-state index contributed by atoms with van der Waals surface area (Å²) in [6.45, 7) is 2.13. The Morgan fingerprint density at radius 2 is 1.86 bits per heavy atom. The van der Waals surface area contributed by atoms with Crippen LogP contribution < -0.4 is 5.73 Å². The van der Waals surface area contributed by atoms with Gasteiger partial charge in [0, 0.05) is 5.92 Å². The Balaban J connectivity index is 2.68. The Kier molecular flexibility index (Phi) is 4.01. The molecule has 0 amide bonds. The first-order valence-electron chi connectivity index (χ1n) is 4.74. The maximum Gasteiger partial charge on any atom is 0.123 e. The fourth-order valence-corrected chi connectivity index (χ4v) is 1.38. The van der Waals surface area contributed by atoms with Crippen LogP contribution in [0.5, 0.6) is 0 Å². The molecule has 0 heterocycles. The van der Waals surface area contributed by atoms with Crippen molar-refractivity contribution in [3.05, 3.63) is 35.6 Å². The number of rotatable bonds is 4. The largest absolute Gasteiger partial charge is 0.330 e. The molecule has 3 heteroatoms. The third-order valence-electron chi connectivity index (χ3n) is 2.38. The maximum absolute atomic E-state index is 13.4. The molecule has 1 aromatic rings. The second-order valence-electron chi connectivity index (χ2n) is 3.43. The molecule has 0 saturated carbocycles. The Hall–Kier alpha value is -0.960. The lowest BCUT2D eigenvalue weighted by molar-refractivity contribution is 0.278. The average molecular weight is 199 g/mol. The third-order valence-corrected chi connectivity index (χ3v) is 2.38. The van der Waals surface area contributed by atoms with Gasteiger partial charge in [-0.15, -0.1) is 0 Å². The molecule has 78 valence electrons. The molecule has 2 atom stereocenters. The molecule has 1 rings (SSSR count). The van der Waals surface area contributed by atoms with E-state index in [1.165, 1.54) is 12.1 Å². The minimum atomic E-state index is -0.953. The number of hydrogen-bond acceptors (Lipinski definition) is 1. The highest BCUT2D eigenvalue weighted by molar-refractivity contribution is 5.20. The van der Waals surface area contributed by atoms with Crippen LogP contribution in [0.25, 0.3) is 0 Å². The molecule has 2 N–H and O–H groups in total. The van der Waals surface area contributed by atoms with Crippen molar-refractivity contribution < 1.29 is 8.78 Å². The highest BCUT2D eigenvalue weighted by Gasteiger charge is 2.16. The highest BCUT2D eigenvalue weighted by atomic mass is 19.1. The van der Waals surface area contributed by atoms with E-state index in [1.54, 1.807) is 19.1 Å². The average Bonchev–Trinajstić information content (AvgIpc) is 2.18. The number of hydrogen-bond donors (Lipinski definition) is 1. The van der Waals surface area contributed by atoms with E-state index in [4.69, 9.17) is 5.73 Å². The summed E-state index contributed by atoms with van der Waals surface area (Å²) < 4.78 is 26.0. The molecule has 0 aromatic heterocycles. The van der Waals surface area contributed by atoms with Crippen molar-refractivity contribution in [1.29, 1.82) is 0 Å². The van der Waals surface area contributed by atoms with Gasteiger partial charge in [-0.2, -0.15) is 0 Å². The molecule has 0 fully saturated rings. The van der Waals surface area contributed by atoms with Crippen LogP contribution >= 0.6 is 0 Å². The number of nitrogens with two attached hydrogens (primary N) is 1. The molecule has 2 unspecified atom stereocenters. The van der Waals surface area contributed by atoms with E-state index in [0.717, 1.165) is 5.56 Å². The van der Waals surface area contributed by atoms with Gasteiger partial charge in [0.25, 0.3) is 0 Å². The lowest BCUT2D eigenvalue weighted by Crippen LogP contribution is -2.15. The van der Waals surface area contributed by atoms with Crippen molar-refractivity contribution in [3.8, 4) is 0 Å². The molecule has 14 heavy (non-hydrogen) atoms. The zero-order valence-electron chi connectivity index (χ0n) is 8.21. The SMILES string of the molecule is CC(c1ccc(F)cc1)C(F)CCN. The Labute approximate surface area is 82.9 Å². The molecule has 0 aliphatic heterocycles. The summed E-state index contributed by atoms with van der Waals surface area (Å²) in [5.41, 5.74) is 6.08. The molecule has 0 radical (unpaired) electrons. The van der Waals surface area contributed by atoms with Gasteiger partial charge in [0.2, 0.25) is 0 Å². The molecular weight excluding hydrogens is 184 g/mol. The van der Waals surface area contributed by atoms with Gasteiger partial charge >= 0.3 is 0 Å². The van der Waals surface area contributed by atoms with E-state index >= 15 is 0 Å². The van der Waals surface area contributed by atoms with Crippen molar-refractivity contribution in [2.75, 3.05) is 6.54 Å². The molecule has 1 aromatic carbocycles. The van der Waals surface area contributed by atoms with Gasteiger partial charge in [-0.05, 0) is 30.7 Å². The maximum atomic E-state index is 13.4. The van der Waals surface area contributed by atoms with Crippen molar-refractivity contribution in [2.45, 2.75) is 25.4 Å². The van der Waals surface area contributed by atoms with Gasteiger partial charge in [-0.25, -0.2) is 8.78 Å². The first kappa shape index (κ1) is 11.1. The van der Waals surface area contributed by atoms with Gasteiger partial charge in [-0.3, -0.25) is 0 Å². The highest BCUT2D eigenvalue weighted by Crippen LogP contribution is 2.23. The van der Waals surface area contributed by atoms with Crippen LogP contribution in [0.15, 0.2) is 24.3 Å². The van der Waals surface area contributed by atoms with E-state index in [0.29, 0.717) is 13.0 Å². The van der Waals surface area contributed by atoms with Crippen LogP contribution in [0.3, 0.4) is 0 Å². The molecule has 0 aliphatic carbocycles. The zero-order chi connectivity index (χ0) is 10.6. The number of benzene rings is 1. The molecular formula is C11H15F2N. The van der Waals surface area contributed by atoms with Gasteiger partial charge in [0.05, 0.1) is 0 Å². The van der Waals surface area contributed by atoms with Crippen molar-refractivity contribution >= 4 is 0 Å². The molecule has 0 aliphatic rings. The molecule has 0 spiro atoms. The van der Waals surface area contributed by atoms with Crippen LogP contribution in [0.4, 0.5) is 8.78 Å². The summed E-state index contributed by atoms with van der Waals surface area (Å²) >= 11 is 0. The van der Waals surface area contributed by atoms with E-state index in [2.05, 4.69) is 0 Å².